The van der Waals surface area contributed by atoms with Crippen molar-refractivity contribution >= 4 is 17.5 Å². The van der Waals surface area contributed by atoms with Crippen molar-refractivity contribution in [2.24, 2.45) is 0 Å². The van der Waals surface area contributed by atoms with Gasteiger partial charge < -0.3 is 10.2 Å². The molecule has 1 fully saturated rings. The Morgan fingerprint density at radius 1 is 1.04 bits per heavy atom. The van der Waals surface area contributed by atoms with E-state index < -0.39 is 17.5 Å². The molecule has 0 unspecified atom stereocenters. The summed E-state index contributed by atoms with van der Waals surface area (Å²) >= 11 is 0. The van der Waals surface area contributed by atoms with E-state index >= 15 is 0 Å². The van der Waals surface area contributed by atoms with E-state index in [1.807, 2.05) is 0 Å². The number of hydrogen-bond acceptors (Lipinski definition) is 3. The molecule has 0 atom stereocenters. The summed E-state index contributed by atoms with van der Waals surface area (Å²) in [6, 6.07) is 7.36. The molecule has 0 bridgehead atoms. The minimum atomic E-state index is -0.882. The summed E-state index contributed by atoms with van der Waals surface area (Å²) in [4.78, 5) is 30.2. The van der Waals surface area contributed by atoms with Crippen LogP contribution in [0.5, 0.6) is 0 Å². The largest absolute Gasteiger partial charge is 0.337 e. The second-order valence-electron chi connectivity index (χ2n) is 5.49. The fourth-order valence-corrected chi connectivity index (χ4v) is 2.54. The van der Waals surface area contributed by atoms with E-state index in [-0.39, 0.29) is 23.0 Å². The van der Waals surface area contributed by atoms with Gasteiger partial charge in [0.2, 0.25) is 0 Å². The number of pyridine rings is 1. The lowest BCUT2D eigenvalue weighted by molar-refractivity contribution is 0.0787. The van der Waals surface area contributed by atoms with Crippen LogP contribution in [0.4, 0.5) is 14.5 Å². The quantitative estimate of drug-likeness (QED) is 0.941. The molecule has 1 saturated heterocycles. The molecule has 0 radical (unpaired) electrons. The Labute approximate surface area is 137 Å². The van der Waals surface area contributed by atoms with Crippen LogP contribution in [0.1, 0.15) is 33.8 Å². The highest BCUT2D eigenvalue weighted by Crippen LogP contribution is 2.16. The first-order valence-electron chi connectivity index (χ1n) is 7.57. The molecular formula is C17H15F2N3O2. The van der Waals surface area contributed by atoms with Gasteiger partial charge in [0.05, 0.1) is 5.69 Å². The average molecular weight is 331 g/mol. The SMILES string of the molecule is O=C(Nc1ccc(F)cc1F)c1cccc(C(=O)N2CCCC2)n1. The van der Waals surface area contributed by atoms with Crippen molar-refractivity contribution in [3.05, 3.63) is 59.4 Å². The van der Waals surface area contributed by atoms with Crippen molar-refractivity contribution in [3.63, 3.8) is 0 Å². The van der Waals surface area contributed by atoms with Gasteiger partial charge in [0, 0.05) is 19.2 Å². The van der Waals surface area contributed by atoms with Gasteiger partial charge in [0.15, 0.2) is 0 Å². The van der Waals surface area contributed by atoms with Crippen LogP contribution in [-0.2, 0) is 0 Å². The normalized spacial score (nSPS) is 13.8. The third kappa shape index (κ3) is 3.40. The molecule has 2 amide bonds. The third-order valence-corrected chi connectivity index (χ3v) is 3.77. The highest BCUT2D eigenvalue weighted by molar-refractivity contribution is 6.03. The van der Waals surface area contributed by atoms with E-state index in [1.54, 1.807) is 11.0 Å². The number of amides is 2. The zero-order chi connectivity index (χ0) is 17.1. The standard InChI is InChI=1S/C17H15F2N3O2/c18-11-6-7-13(12(19)10-11)21-16(23)14-4-3-5-15(20-14)17(24)22-8-1-2-9-22/h3-7,10H,1-2,8-9H2,(H,21,23). The maximum absolute atomic E-state index is 13.6. The first-order valence-corrected chi connectivity index (χ1v) is 7.57. The summed E-state index contributed by atoms with van der Waals surface area (Å²) in [6.45, 7) is 1.36. The molecule has 1 aromatic heterocycles. The molecule has 1 aliphatic heterocycles. The van der Waals surface area contributed by atoms with Crippen LogP contribution in [0, 0.1) is 11.6 Å². The van der Waals surface area contributed by atoms with E-state index in [9.17, 15) is 18.4 Å². The van der Waals surface area contributed by atoms with Gasteiger partial charge in [-0.15, -0.1) is 0 Å². The number of anilines is 1. The number of nitrogens with zero attached hydrogens (tertiary/aromatic N) is 2. The molecule has 0 spiro atoms. The molecule has 5 nitrogen and oxygen atoms in total. The second kappa shape index (κ2) is 6.74. The topological polar surface area (TPSA) is 62.3 Å². The number of nitrogens with one attached hydrogen (secondary N) is 1. The van der Waals surface area contributed by atoms with Gasteiger partial charge >= 0.3 is 0 Å². The number of benzene rings is 1. The summed E-state index contributed by atoms with van der Waals surface area (Å²) in [5.74, 6) is -2.51. The molecule has 3 rings (SSSR count). The number of carbonyl (C=O) groups is 2. The zero-order valence-corrected chi connectivity index (χ0v) is 12.8. The lowest BCUT2D eigenvalue weighted by atomic mass is 10.2. The van der Waals surface area contributed by atoms with Gasteiger partial charge in [-0.2, -0.15) is 0 Å². The summed E-state index contributed by atoms with van der Waals surface area (Å²) in [7, 11) is 0. The van der Waals surface area contributed by atoms with E-state index in [0.717, 1.165) is 25.0 Å². The number of halogens is 2. The van der Waals surface area contributed by atoms with E-state index in [1.165, 1.54) is 12.1 Å². The van der Waals surface area contributed by atoms with E-state index in [2.05, 4.69) is 10.3 Å². The monoisotopic (exact) mass is 331 g/mol. The fraction of sp³-hybridized carbons (Fsp3) is 0.235. The smallest absolute Gasteiger partial charge is 0.274 e. The molecule has 7 heteroatoms. The van der Waals surface area contributed by atoms with Crippen LogP contribution < -0.4 is 5.32 Å². The molecule has 2 heterocycles. The average Bonchev–Trinajstić information content (AvgIpc) is 3.11. The molecular weight excluding hydrogens is 316 g/mol. The van der Waals surface area contributed by atoms with Crippen molar-refractivity contribution in [1.82, 2.24) is 9.88 Å². The number of hydrogen-bond donors (Lipinski definition) is 1. The number of aromatic nitrogens is 1. The van der Waals surface area contributed by atoms with Gasteiger partial charge in [-0.1, -0.05) is 6.07 Å². The summed E-state index contributed by atoms with van der Waals surface area (Å²) in [5.41, 5.74) is 0.00683. The molecule has 1 aliphatic rings. The number of rotatable bonds is 3. The Morgan fingerprint density at radius 2 is 1.75 bits per heavy atom. The first-order chi connectivity index (χ1) is 11.5. The van der Waals surface area contributed by atoms with Gasteiger partial charge in [-0.25, -0.2) is 13.8 Å². The summed E-state index contributed by atoms with van der Waals surface area (Å²) in [5, 5.41) is 2.32. The van der Waals surface area contributed by atoms with Crippen LogP contribution in [0.25, 0.3) is 0 Å². The molecule has 0 aliphatic carbocycles. The summed E-state index contributed by atoms with van der Waals surface area (Å²) < 4.78 is 26.5. The van der Waals surface area contributed by atoms with Gasteiger partial charge in [-0.05, 0) is 37.1 Å². The Morgan fingerprint density at radius 3 is 2.46 bits per heavy atom. The van der Waals surface area contributed by atoms with Crippen molar-refractivity contribution in [2.45, 2.75) is 12.8 Å². The van der Waals surface area contributed by atoms with Gasteiger partial charge in [0.1, 0.15) is 23.0 Å². The van der Waals surface area contributed by atoms with Crippen LogP contribution in [0.3, 0.4) is 0 Å². The Bertz CT molecular complexity index is 789. The van der Waals surface area contributed by atoms with Crippen LogP contribution in [0.15, 0.2) is 36.4 Å². The van der Waals surface area contributed by atoms with E-state index in [4.69, 9.17) is 0 Å². The van der Waals surface area contributed by atoms with Crippen molar-refractivity contribution in [1.29, 1.82) is 0 Å². The Hall–Kier alpha value is -2.83. The molecule has 1 N–H and O–H groups in total. The van der Waals surface area contributed by atoms with Crippen LogP contribution in [-0.4, -0.2) is 34.8 Å². The second-order valence-corrected chi connectivity index (χ2v) is 5.49. The molecule has 2 aromatic rings. The van der Waals surface area contributed by atoms with Crippen molar-refractivity contribution in [3.8, 4) is 0 Å². The zero-order valence-electron chi connectivity index (χ0n) is 12.8. The first kappa shape index (κ1) is 16.0. The Kier molecular flexibility index (Phi) is 4.50. The molecule has 1 aromatic carbocycles. The van der Waals surface area contributed by atoms with E-state index in [0.29, 0.717) is 19.2 Å². The number of likely N-dealkylation sites (tertiary alicyclic amines) is 1. The van der Waals surface area contributed by atoms with Gasteiger partial charge in [0.25, 0.3) is 11.8 Å². The van der Waals surface area contributed by atoms with Gasteiger partial charge in [-0.3, -0.25) is 9.59 Å². The molecule has 24 heavy (non-hydrogen) atoms. The Balaban J connectivity index is 1.77. The van der Waals surface area contributed by atoms with Crippen molar-refractivity contribution < 1.29 is 18.4 Å². The van der Waals surface area contributed by atoms with Crippen LogP contribution >= 0.6 is 0 Å². The maximum atomic E-state index is 13.6. The lowest BCUT2D eigenvalue weighted by Gasteiger charge is -2.14. The van der Waals surface area contributed by atoms with Crippen LogP contribution in [0.2, 0.25) is 0 Å². The third-order valence-electron chi connectivity index (χ3n) is 3.77. The number of carbonyl (C=O) groups excluding carboxylic acids is 2. The van der Waals surface area contributed by atoms with Crippen molar-refractivity contribution in [2.75, 3.05) is 18.4 Å². The summed E-state index contributed by atoms with van der Waals surface area (Å²) in [6.07, 6.45) is 1.91. The highest BCUT2D eigenvalue weighted by Gasteiger charge is 2.21. The molecule has 0 saturated carbocycles. The maximum Gasteiger partial charge on any atom is 0.274 e. The minimum absolute atomic E-state index is 0.0104. The lowest BCUT2D eigenvalue weighted by Crippen LogP contribution is -2.29. The molecule has 124 valence electrons. The minimum Gasteiger partial charge on any atom is -0.337 e. The fourth-order valence-electron chi connectivity index (χ4n) is 2.54. The predicted octanol–water partition coefficient (Wildman–Crippen LogP) is 2.85. The predicted molar refractivity (Wildman–Crippen MR) is 83.7 cm³/mol. The highest BCUT2D eigenvalue weighted by atomic mass is 19.1.